The smallest absolute Gasteiger partial charge is 0.305 e. The first-order valence-corrected chi connectivity index (χ1v) is 7.31. The monoisotopic (exact) mass is 290 g/mol. The maximum Gasteiger partial charge on any atom is 0.305 e. The summed E-state index contributed by atoms with van der Waals surface area (Å²) in [6.07, 6.45) is 1.79. The van der Waals surface area contributed by atoms with Crippen LogP contribution in [0.3, 0.4) is 0 Å². The summed E-state index contributed by atoms with van der Waals surface area (Å²) in [7, 11) is -0.507. The molecule has 0 aliphatic heterocycles. The zero-order valence-electron chi connectivity index (χ0n) is 10.9. The molecule has 0 amide bonds. The predicted octanol–water partition coefficient (Wildman–Crippen LogP) is -0.625. The van der Waals surface area contributed by atoms with E-state index in [9.17, 15) is 13.2 Å². The summed E-state index contributed by atoms with van der Waals surface area (Å²) >= 11 is 0. The number of aromatic nitrogens is 2. The van der Waals surface area contributed by atoms with Crippen LogP contribution in [-0.4, -0.2) is 37.0 Å². The Hall–Kier alpha value is -1.61. The van der Waals surface area contributed by atoms with Crippen molar-refractivity contribution in [3.8, 4) is 0 Å². The van der Waals surface area contributed by atoms with Crippen molar-refractivity contribution in [2.75, 3.05) is 18.6 Å². The first kappa shape index (κ1) is 15.4. The molecule has 0 atom stereocenters. The summed E-state index contributed by atoms with van der Waals surface area (Å²) in [4.78, 5) is 10.9. The highest BCUT2D eigenvalue weighted by Gasteiger charge is 2.13. The molecule has 0 saturated carbocycles. The van der Waals surface area contributed by atoms with Crippen LogP contribution in [0, 0.1) is 0 Å². The Balaban J connectivity index is 2.43. The fourth-order valence-electron chi connectivity index (χ4n) is 1.40. The number of sulfonamides is 1. The Morgan fingerprint density at radius 1 is 1.58 bits per heavy atom. The average Bonchev–Trinajstić information content (AvgIpc) is 2.67. The van der Waals surface area contributed by atoms with E-state index in [0.29, 0.717) is 11.4 Å². The molecule has 1 heterocycles. The normalized spacial score (nSPS) is 11.5. The van der Waals surface area contributed by atoms with Gasteiger partial charge in [-0.3, -0.25) is 9.48 Å². The summed E-state index contributed by atoms with van der Waals surface area (Å²) in [5.74, 6) is -0.147. The molecule has 0 bridgehead atoms. The highest BCUT2D eigenvalue weighted by Crippen LogP contribution is 2.09. The number of ether oxygens (including phenoxy) is 1. The van der Waals surface area contributed by atoms with E-state index in [1.54, 1.807) is 7.05 Å². The third-order valence-corrected chi connectivity index (χ3v) is 3.98. The third-order valence-electron chi connectivity index (χ3n) is 2.57. The van der Waals surface area contributed by atoms with Crippen LogP contribution in [0.5, 0.6) is 0 Å². The number of carbonyl (C=O) groups is 1. The van der Waals surface area contributed by atoms with Crippen molar-refractivity contribution < 1.29 is 17.9 Å². The number of hydrogen-bond donors (Lipinski definition) is 2. The third kappa shape index (κ3) is 4.87. The second-order valence-corrected chi connectivity index (χ2v) is 5.92. The van der Waals surface area contributed by atoms with Gasteiger partial charge in [-0.2, -0.15) is 5.10 Å². The standard InChI is InChI=1S/C10H18N4O4S/c1-14-10(11)8(6-12-14)7-13-19(16,17)5-3-4-9(15)18-2/h6,13H,3-5,7,11H2,1-2H3. The minimum Gasteiger partial charge on any atom is -0.469 e. The van der Waals surface area contributed by atoms with Gasteiger partial charge in [0.05, 0.1) is 19.1 Å². The Morgan fingerprint density at radius 2 is 2.26 bits per heavy atom. The molecule has 8 nitrogen and oxygen atoms in total. The van der Waals surface area contributed by atoms with Gasteiger partial charge in [-0.1, -0.05) is 0 Å². The number of nitrogens with two attached hydrogens (primary N) is 1. The van der Waals surface area contributed by atoms with Crippen molar-refractivity contribution in [1.29, 1.82) is 0 Å². The quantitative estimate of drug-likeness (QED) is 0.646. The molecule has 0 fully saturated rings. The summed E-state index contributed by atoms with van der Waals surface area (Å²) in [6.45, 7) is 0.0836. The lowest BCUT2D eigenvalue weighted by Gasteiger charge is -2.06. The molecule has 1 aromatic rings. The van der Waals surface area contributed by atoms with E-state index in [1.807, 2.05) is 0 Å². The average molecular weight is 290 g/mol. The lowest BCUT2D eigenvalue weighted by Crippen LogP contribution is -2.26. The van der Waals surface area contributed by atoms with Crippen LogP contribution in [0.2, 0.25) is 0 Å². The van der Waals surface area contributed by atoms with Crippen LogP contribution in [-0.2, 0) is 33.1 Å². The van der Waals surface area contributed by atoms with Gasteiger partial charge in [0.1, 0.15) is 5.82 Å². The molecule has 1 aromatic heterocycles. The molecule has 0 saturated heterocycles. The van der Waals surface area contributed by atoms with Gasteiger partial charge in [-0.15, -0.1) is 0 Å². The van der Waals surface area contributed by atoms with E-state index in [0.717, 1.165) is 0 Å². The maximum atomic E-state index is 11.7. The lowest BCUT2D eigenvalue weighted by atomic mass is 10.3. The van der Waals surface area contributed by atoms with E-state index in [-0.39, 0.29) is 25.1 Å². The van der Waals surface area contributed by atoms with Crippen LogP contribution in [0.4, 0.5) is 5.82 Å². The lowest BCUT2D eigenvalue weighted by molar-refractivity contribution is -0.140. The molecule has 0 unspecified atom stereocenters. The SMILES string of the molecule is COC(=O)CCCS(=O)(=O)NCc1cnn(C)c1N. The Bertz CT molecular complexity index is 538. The van der Waals surface area contributed by atoms with Crippen molar-refractivity contribution in [2.24, 2.45) is 7.05 Å². The molecule has 19 heavy (non-hydrogen) atoms. The Morgan fingerprint density at radius 3 is 2.79 bits per heavy atom. The zero-order valence-corrected chi connectivity index (χ0v) is 11.7. The number of hydrogen-bond acceptors (Lipinski definition) is 6. The second-order valence-electron chi connectivity index (χ2n) is 4.00. The number of anilines is 1. The van der Waals surface area contributed by atoms with E-state index in [4.69, 9.17) is 5.73 Å². The molecule has 0 aromatic carbocycles. The van der Waals surface area contributed by atoms with Crippen LogP contribution < -0.4 is 10.5 Å². The molecule has 0 aliphatic rings. The summed E-state index contributed by atoms with van der Waals surface area (Å²) < 4.78 is 31.6. The summed E-state index contributed by atoms with van der Waals surface area (Å²) in [6, 6.07) is 0. The maximum absolute atomic E-state index is 11.7. The van der Waals surface area contributed by atoms with E-state index >= 15 is 0 Å². The van der Waals surface area contributed by atoms with Gasteiger partial charge < -0.3 is 10.5 Å². The molecule has 108 valence electrons. The van der Waals surface area contributed by atoms with Gasteiger partial charge in [0, 0.05) is 25.6 Å². The minimum absolute atomic E-state index is 0.0758. The fourth-order valence-corrected chi connectivity index (χ4v) is 2.44. The zero-order chi connectivity index (χ0) is 14.5. The number of aryl methyl sites for hydroxylation is 1. The van der Waals surface area contributed by atoms with Crippen LogP contribution >= 0.6 is 0 Å². The van der Waals surface area contributed by atoms with Crippen molar-refractivity contribution in [2.45, 2.75) is 19.4 Å². The van der Waals surface area contributed by atoms with Crippen LogP contribution in [0.1, 0.15) is 18.4 Å². The van der Waals surface area contributed by atoms with E-state index in [1.165, 1.54) is 18.0 Å². The molecular formula is C10H18N4O4S. The van der Waals surface area contributed by atoms with Crippen molar-refractivity contribution >= 4 is 21.8 Å². The number of nitrogens with zero attached hydrogens (tertiary/aromatic N) is 2. The molecule has 9 heteroatoms. The number of carbonyl (C=O) groups excluding carboxylic acids is 1. The largest absolute Gasteiger partial charge is 0.469 e. The van der Waals surface area contributed by atoms with Gasteiger partial charge in [0.2, 0.25) is 10.0 Å². The Kier molecular flexibility index (Phi) is 5.31. The van der Waals surface area contributed by atoms with Gasteiger partial charge in [-0.05, 0) is 6.42 Å². The predicted molar refractivity (Wildman–Crippen MR) is 69.5 cm³/mol. The van der Waals surface area contributed by atoms with Gasteiger partial charge in [0.25, 0.3) is 0 Å². The molecule has 3 N–H and O–H groups in total. The van der Waals surface area contributed by atoms with E-state index < -0.39 is 16.0 Å². The van der Waals surface area contributed by atoms with Gasteiger partial charge in [0.15, 0.2) is 0 Å². The summed E-state index contributed by atoms with van der Waals surface area (Å²) in [5, 5.41) is 3.91. The van der Waals surface area contributed by atoms with Crippen LogP contribution in [0.15, 0.2) is 6.20 Å². The number of esters is 1. The van der Waals surface area contributed by atoms with Crippen molar-refractivity contribution in [1.82, 2.24) is 14.5 Å². The number of methoxy groups -OCH3 is 1. The first-order chi connectivity index (χ1) is 8.85. The number of rotatable bonds is 7. The van der Waals surface area contributed by atoms with E-state index in [2.05, 4.69) is 14.6 Å². The second kappa shape index (κ2) is 6.53. The topological polar surface area (TPSA) is 116 Å². The van der Waals surface area contributed by atoms with Gasteiger partial charge in [-0.25, -0.2) is 13.1 Å². The van der Waals surface area contributed by atoms with Crippen molar-refractivity contribution in [3.63, 3.8) is 0 Å². The summed E-state index contributed by atoms with van der Waals surface area (Å²) in [5.41, 5.74) is 6.30. The molecular weight excluding hydrogens is 272 g/mol. The van der Waals surface area contributed by atoms with Crippen LogP contribution in [0.25, 0.3) is 0 Å². The highest BCUT2D eigenvalue weighted by atomic mass is 32.2. The number of nitrogen functional groups attached to an aromatic ring is 1. The molecule has 0 spiro atoms. The Labute approximate surface area is 112 Å². The molecule has 0 radical (unpaired) electrons. The molecule has 1 rings (SSSR count). The number of nitrogens with one attached hydrogen (secondary N) is 1. The highest BCUT2D eigenvalue weighted by molar-refractivity contribution is 7.89. The fraction of sp³-hybridized carbons (Fsp3) is 0.600. The minimum atomic E-state index is -3.44. The van der Waals surface area contributed by atoms with Crippen molar-refractivity contribution in [3.05, 3.63) is 11.8 Å². The first-order valence-electron chi connectivity index (χ1n) is 5.66. The van der Waals surface area contributed by atoms with Gasteiger partial charge >= 0.3 is 5.97 Å². The molecule has 0 aliphatic carbocycles.